The molecule has 2 N–H and O–H groups in total. The van der Waals surface area contributed by atoms with Crippen LogP contribution in [0.25, 0.3) is 0 Å². The minimum atomic E-state index is -1.03. The predicted octanol–water partition coefficient (Wildman–Crippen LogP) is 2.82. The van der Waals surface area contributed by atoms with Crippen molar-refractivity contribution in [1.29, 1.82) is 0 Å². The minimum Gasteiger partial charge on any atom is -0.486 e. The summed E-state index contributed by atoms with van der Waals surface area (Å²) in [5.74, 6) is 0.214. The molecule has 6 nitrogen and oxygen atoms in total. The van der Waals surface area contributed by atoms with E-state index in [9.17, 15) is 9.59 Å². The number of carbonyl (C=O) groups excluding carboxylic acids is 1. The van der Waals surface area contributed by atoms with E-state index >= 15 is 0 Å². The summed E-state index contributed by atoms with van der Waals surface area (Å²) in [7, 11) is 0. The van der Waals surface area contributed by atoms with E-state index in [-0.39, 0.29) is 18.1 Å². The molecule has 0 bridgehead atoms. The van der Waals surface area contributed by atoms with Crippen LogP contribution in [0.3, 0.4) is 0 Å². The Morgan fingerprint density at radius 3 is 2.48 bits per heavy atom. The molecule has 0 radical (unpaired) electrons. The number of rotatable bonds is 5. The molecule has 0 aliphatic heterocycles. The number of carboxylic acids is 1. The lowest BCUT2D eigenvalue weighted by Crippen LogP contribution is -2.05. The summed E-state index contributed by atoms with van der Waals surface area (Å²) in [5.41, 5.74) is 0.812. The SMILES string of the molecule is CC(=O)Nc1ccc(OCc2cc(C(=O)O)c(C)o2)cc1. The largest absolute Gasteiger partial charge is 0.486 e. The number of nitrogens with one attached hydrogen (secondary N) is 1. The highest BCUT2D eigenvalue weighted by atomic mass is 16.5. The fourth-order valence-corrected chi connectivity index (χ4v) is 1.82. The molecule has 110 valence electrons. The summed E-state index contributed by atoms with van der Waals surface area (Å²) in [4.78, 5) is 21.8. The van der Waals surface area contributed by atoms with E-state index in [0.29, 0.717) is 23.0 Å². The van der Waals surface area contributed by atoms with Gasteiger partial charge >= 0.3 is 5.97 Å². The molecule has 0 aliphatic carbocycles. The Morgan fingerprint density at radius 2 is 1.95 bits per heavy atom. The van der Waals surface area contributed by atoms with Crippen molar-refractivity contribution in [2.45, 2.75) is 20.5 Å². The summed E-state index contributed by atoms with van der Waals surface area (Å²) in [5, 5.41) is 11.6. The number of amides is 1. The molecule has 1 heterocycles. The van der Waals surface area contributed by atoms with E-state index in [0.717, 1.165) is 0 Å². The second-order valence-electron chi connectivity index (χ2n) is 4.48. The Morgan fingerprint density at radius 1 is 1.29 bits per heavy atom. The third kappa shape index (κ3) is 3.85. The number of aromatic carboxylic acids is 1. The summed E-state index contributed by atoms with van der Waals surface area (Å²) in [6.45, 7) is 3.16. The zero-order chi connectivity index (χ0) is 15.4. The van der Waals surface area contributed by atoms with Gasteiger partial charge in [0.15, 0.2) is 0 Å². The van der Waals surface area contributed by atoms with E-state index in [1.165, 1.54) is 13.0 Å². The molecule has 0 saturated heterocycles. The van der Waals surface area contributed by atoms with Crippen molar-refractivity contribution in [1.82, 2.24) is 0 Å². The Hall–Kier alpha value is -2.76. The lowest BCUT2D eigenvalue weighted by molar-refractivity contribution is -0.114. The van der Waals surface area contributed by atoms with Gasteiger partial charge in [-0.05, 0) is 37.3 Å². The molecule has 0 spiro atoms. The van der Waals surface area contributed by atoms with Crippen LogP contribution in [0.1, 0.15) is 28.8 Å². The van der Waals surface area contributed by atoms with Crippen LogP contribution in [0, 0.1) is 6.92 Å². The van der Waals surface area contributed by atoms with Crippen LogP contribution in [0.5, 0.6) is 5.75 Å². The molecule has 0 fully saturated rings. The highest BCUT2D eigenvalue weighted by Crippen LogP contribution is 2.19. The van der Waals surface area contributed by atoms with E-state index in [1.54, 1.807) is 31.2 Å². The second-order valence-corrected chi connectivity index (χ2v) is 4.48. The summed E-state index contributed by atoms with van der Waals surface area (Å²) < 4.78 is 10.8. The number of furan rings is 1. The highest BCUT2D eigenvalue weighted by molar-refractivity contribution is 5.89. The van der Waals surface area contributed by atoms with Crippen molar-refractivity contribution in [3.05, 3.63) is 47.4 Å². The third-order valence-corrected chi connectivity index (χ3v) is 2.75. The molecule has 0 saturated carbocycles. The fraction of sp³-hybridized carbons (Fsp3) is 0.200. The number of carbonyl (C=O) groups is 2. The molecule has 0 unspecified atom stereocenters. The van der Waals surface area contributed by atoms with Gasteiger partial charge in [0.05, 0.1) is 0 Å². The topological polar surface area (TPSA) is 88.8 Å². The summed E-state index contributed by atoms with van der Waals surface area (Å²) >= 11 is 0. The van der Waals surface area contributed by atoms with E-state index in [4.69, 9.17) is 14.3 Å². The van der Waals surface area contributed by atoms with Gasteiger partial charge in [-0.1, -0.05) is 0 Å². The van der Waals surface area contributed by atoms with Gasteiger partial charge in [0.25, 0.3) is 0 Å². The van der Waals surface area contributed by atoms with Gasteiger partial charge in [-0.15, -0.1) is 0 Å². The molecule has 1 amide bonds. The average molecular weight is 289 g/mol. The summed E-state index contributed by atoms with van der Waals surface area (Å²) in [6, 6.07) is 8.29. The van der Waals surface area contributed by atoms with Crippen molar-refractivity contribution in [3.8, 4) is 5.75 Å². The first-order chi connectivity index (χ1) is 9.95. The van der Waals surface area contributed by atoms with Crippen LogP contribution in [0.2, 0.25) is 0 Å². The van der Waals surface area contributed by atoms with Crippen molar-refractivity contribution in [2.24, 2.45) is 0 Å². The highest BCUT2D eigenvalue weighted by Gasteiger charge is 2.13. The number of benzene rings is 1. The van der Waals surface area contributed by atoms with Crippen LogP contribution in [0.15, 0.2) is 34.7 Å². The maximum Gasteiger partial charge on any atom is 0.339 e. The number of anilines is 1. The Bertz CT molecular complexity index is 657. The molecule has 0 aliphatic rings. The molecule has 2 rings (SSSR count). The first-order valence-electron chi connectivity index (χ1n) is 6.29. The number of hydrogen-bond donors (Lipinski definition) is 2. The first kappa shape index (κ1) is 14.6. The standard InChI is InChI=1S/C15H15NO5/c1-9-14(15(18)19)7-13(21-9)8-20-12-5-3-11(4-6-12)16-10(2)17/h3-7H,8H2,1-2H3,(H,16,17)(H,18,19). The van der Waals surface area contributed by atoms with Gasteiger partial charge in [0, 0.05) is 12.6 Å². The molecule has 6 heteroatoms. The van der Waals surface area contributed by atoms with Crippen LogP contribution >= 0.6 is 0 Å². The van der Waals surface area contributed by atoms with Gasteiger partial charge < -0.3 is 19.6 Å². The van der Waals surface area contributed by atoms with Crippen LogP contribution in [0.4, 0.5) is 5.69 Å². The van der Waals surface area contributed by atoms with Gasteiger partial charge in [-0.25, -0.2) is 4.79 Å². The number of carboxylic acid groups (broad SMARTS) is 1. The Kier molecular flexibility index (Phi) is 4.27. The maximum absolute atomic E-state index is 10.9. The molecular formula is C15H15NO5. The normalized spacial score (nSPS) is 10.2. The molecule has 2 aromatic rings. The van der Waals surface area contributed by atoms with Crippen molar-refractivity contribution >= 4 is 17.6 Å². The van der Waals surface area contributed by atoms with Gasteiger partial charge in [0.2, 0.25) is 5.91 Å². The van der Waals surface area contributed by atoms with E-state index < -0.39 is 5.97 Å². The zero-order valence-electron chi connectivity index (χ0n) is 11.7. The van der Waals surface area contributed by atoms with Crippen molar-refractivity contribution in [2.75, 3.05) is 5.32 Å². The van der Waals surface area contributed by atoms with E-state index in [2.05, 4.69) is 5.32 Å². The molecule has 21 heavy (non-hydrogen) atoms. The van der Waals surface area contributed by atoms with Crippen LogP contribution in [-0.4, -0.2) is 17.0 Å². The van der Waals surface area contributed by atoms with Gasteiger partial charge in [0.1, 0.15) is 29.4 Å². The lowest BCUT2D eigenvalue weighted by atomic mass is 10.2. The Balaban J connectivity index is 1.98. The fourth-order valence-electron chi connectivity index (χ4n) is 1.82. The maximum atomic E-state index is 10.9. The van der Waals surface area contributed by atoms with Gasteiger partial charge in [-0.2, -0.15) is 0 Å². The van der Waals surface area contributed by atoms with Crippen molar-refractivity contribution < 1.29 is 23.8 Å². The first-order valence-corrected chi connectivity index (χ1v) is 6.29. The molecule has 1 aromatic carbocycles. The van der Waals surface area contributed by atoms with Gasteiger partial charge in [-0.3, -0.25) is 4.79 Å². The average Bonchev–Trinajstić information content (AvgIpc) is 2.79. The third-order valence-electron chi connectivity index (χ3n) is 2.75. The molecule has 0 atom stereocenters. The molecular weight excluding hydrogens is 274 g/mol. The Labute approximate surface area is 121 Å². The van der Waals surface area contributed by atoms with Crippen LogP contribution < -0.4 is 10.1 Å². The smallest absolute Gasteiger partial charge is 0.339 e. The van der Waals surface area contributed by atoms with Crippen molar-refractivity contribution in [3.63, 3.8) is 0 Å². The number of ether oxygens (including phenoxy) is 1. The number of aryl methyl sites for hydroxylation is 1. The lowest BCUT2D eigenvalue weighted by Gasteiger charge is -2.06. The predicted molar refractivity (Wildman–Crippen MR) is 75.5 cm³/mol. The van der Waals surface area contributed by atoms with Crippen LogP contribution in [-0.2, 0) is 11.4 Å². The zero-order valence-corrected chi connectivity index (χ0v) is 11.7. The monoisotopic (exact) mass is 289 g/mol. The number of hydrogen-bond acceptors (Lipinski definition) is 4. The quantitative estimate of drug-likeness (QED) is 0.883. The van der Waals surface area contributed by atoms with E-state index in [1.807, 2.05) is 0 Å². The summed E-state index contributed by atoms with van der Waals surface area (Å²) in [6.07, 6.45) is 0. The second kappa shape index (κ2) is 6.13. The minimum absolute atomic E-state index is 0.133. The molecule has 1 aromatic heterocycles.